The molecule has 0 bridgehead atoms. The Hall–Kier alpha value is -8.72. The van der Waals surface area contributed by atoms with E-state index in [-0.39, 0.29) is 38.3 Å². The number of carbonyl (C=O) groups is 8. The van der Waals surface area contributed by atoms with Crippen LogP contribution < -0.4 is 0 Å². The van der Waals surface area contributed by atoms with Gasteiger partial charge in [-0.2, -0.15) is 104 Å². The second-order valence-corrected chi connectivity index (χ2v) is 38.5. The van der Waals surface area contributed by atoms with Crippen molar-refractivity contribution in [2.75, 3.05) is 24.0 Å². The molecule has 4 aliphatic rings. The molecule has 8 amide bonds. The van der Waals surface area contributed by atoms with E-state index in [2.05, 4.69) is 37.9 Å². The van der Waals surface area contributed by atoms with Crippen molar-refractivity contribution in [3.8, 4) is 0 Å². The fourth-order valence-electron chi connectivity index (χ4n) is 11.6. The van der Waals surface area contributed by atoms with Gasteiger partial charge in [0.15, 0.2) is 0 Å². The number of rotatable bonds is 26. The highest BCUT2D eigenvalue weighted by Crippen LogP contribution is 2.57. The number of hydroxylamine groups is 8. The third kappa shape index (κ3) is 17.4. The number of alkyl halides is 16. The molecule has 0 aromatic heterocycles. The number of imide groups is 4. The van der Waals surface area contributed by atoms with Gasteiger partial charge in [-0.3, -0.25) is 38.4 Å². The van der Waals surface area contributed by atoms with Gasteiger partial charge >= 0.3 is 66.3 Å². The Kier molecular flexibility index (Phi) is 26.8. The Morgan fingerprint density at radius 2 is 0.525 bits per heavy atom. The molecule has 0 fully saturated rings. The fraction of sp³-hybridized carbons (Fsp3) is 0.333. The first-order valence-corrected chi connectivity index (χ1v) is 44.3. The van der Waals surface area contributed by atoms with Crippen LogP contribution in [0.5, 0.6) is 0 Å². The molecule has 0 spiro atoms. The number of benzene rings is 8. The quantitative estimate of drug-likeness (QED) is 0.0276. The van der Waals surface area contributed by atoms with Crippen molar-refractivity contribution in [2.45, 2.75) is 144 Å². The third-order valence-corrected chi connectivity index (χ3v) is 25.0. The van der Waals surface area contributed by atoms with Crippen molar-refractivity contribution in [1.29, 1.82) is 0 Å². The van der Waals surface area contributed by atoms with Crippen molar-refractivity contribution in [2.24, 2.45) is 0 Å². The lowest BCUT2D eigenvalue weighted by Crippen LogP contribution is -2.64. The molecule has 12 rings (SSSR count). The van der Waals surface area contributed by atoms with Gasteiger partial charge in [-0.05, 0) is 119 Å². The molecule has 24 nitrogen and oxygen atoms in total. The van der Waals surface area contributed by atoms with Crippen LogP contribution in [0.25, 0.3) is 43.1 Å². The van der Waals surface area contributed by atoms with E-state index in [4.69, 9.17) is 0 Å². The molecule has 4 heterocycles. The summed E-state index contributed by atoms with van der Waals surface area (Å²) in [5, 5.41) is -11.3. The van der Waals surface area contributed by atoms with Crippen LogP contribution >= 0.6 is 47.0 Å². The van der Waals surface area contributed by atoms with Crippen LogP contribution in [-0.4, -0.2) is 182 Å². The van der Waals surface area contributed by atoms with E-state index in [9.17, 15) is 142 Å². The first-order chi connectivity index (χ1) is 55.0. The van der Waals surface area contributed by atoms with E-state index in [0.29, 0.717) is 52.5 Å². The largest absolute Gasteiger partial charge is 0.440 e. The maximum absolute atomic E-state index is 14.2. The zero-order chi connectivity index (χ0) is 90.3. The molecule has 48 heteroatoms. The Balaban J connectivity index is 0.000000185. The molecule has 0 unspecified atom stereocenters. The van der Waals surface area contributed by atoms with E-state index in [1.807, 2.05) is 39.0 Å². The van der Waals surface area contributed by atoms with Crippen molar-refractivity contribution < 1.29 is 159 Å². The van der Waals surface area contributed by atoms with Gasteiger partial charge in [0.1, 0.15) is 0 Å². The fourth-order valence-corrected chi connectivity index (χ4v) is 17.9. The molecule has 0 atom stereocenters. The molecule has 648 valence electrons. The van der Waals surface area contributed by atoms with Crippen LogP contribution in [0.1, 0.15) is 151 Å². The lowest BCUT2D eigenvalue weighted by atomic mass is 9.95. The SMILES string of the molecule is CC(C)Sc1ccc2c3c(cccc13)C(=O)N(OS(=O)(=O)C(F)(F)C(F)(F)C(F)(F)C(C)(F)F)C2=O.CC(C)Sc1ccc2c3c(cccc13)C(=O)N(OS(C)(=O)=O)C2=O.CCCSc1ccc2c3c(cccc13)C(=O)N(OS(=O)(=O)C(F)(F)C(F)(F)C(F)(F)C(C)(F)F)C2=O.CCCSc1ccc2c3c(cccc13)C(=O)N(OS(C)(=O)=O)C2=O. The average molecular weight is 1860 g/mol. The van der Waals surface area contributed by atoms with Gasteiger partial charge in [-0.1, -0.05) is 90.1 Å². The number of amides is 8. The minimum atomic E-state index is -7.34. The van der Waals surface area contributed by atoms with Crippen LogP contribution in [0.2, 0.25) is 0 Å². The van der Waals surface area contributed by atoms with Crippen molar-refractivity contribution >= 4 is 178 Å². The summed E-state index contributed by atoms with van der Waals surface area (Å²) in [4.78, 5) is 104. The van der Waals surface area contributed by atoms with Gasteiger partial charge in [0, 0.05) is 65.5 Å². The van der Waals surface area contributed by atoms with Gasteiger partial charge in [-0.25, -0.2) is 0 Å². The molecule has 4 aliphatic heterocycles. The monoisotopic (exact) mass is 1860 g/mol. The number of halogens is 16. The molecular weight excluding hydrogens is 1800 g/mol. The minimum absolute atomic E-state index is 0.0138. The van der Waals surface area contributed by atoms with Crippen LogP contribution in [0.4, 0.5) is 70.2 Å². The summed E-state index contributed by atoms with van der Waals surface area (Å²) in [6.45, 7) is 10.1. The molecule has 8 aromatic rings. The molecule has 0 saturated carbocycles. The molecular formula is C72H60F16N4O20S8. The number of nitrogens with zero attached hydrogens (tertiary/aromatic N) is 4. The first kappa shape index (κ1) is 95.1. The zero-order valence-corrected chi connectivity index (χ0v) is 69.3. The summed E-state index contributed by atoms with van der Waals surface area (Å²) in [5.74, 6) is -48.1. The number of hydrogen-bond acceptors (Lipinski definition) is 24. The summed E-state index contributed by atoms with van der Waals surface area (Å²) in [6.07, 6.45) is 3.33. The van der Waals surface area contributed by atoms with E-state index in [1.165, 1.54) is 59.9 Å². The predicted molar refractivity (Wildman–Crippen MR) is 405 cm³/mol. The van der Waals surface area contributed by atoms with Crippen LogP contribution in [0, 0.1) is 0 Å². The van der Waals surface area contributed by atoms with E-state index in [0.717, 1.165) is 75.9 Å². The third-order valence-electron chi connectivity index (χ3n) is 17.0. The van der Waals surface area contributed by atoms with Crippen molar-refractivity contribution in [3.63, 3.8) is 0 Å². The van der Waals surface area contributed by atoms with Crippen molar-refractivity contribution in [3.05, 3.63) is 166 Å². The van der Waals surface area contributed by atoms with Gasteiger partial charge in [-0.15, -0.1) is 84.4 Å². The Labute approximate surface area is 687 Å². The highest BCUT2D eigenvalue weighted by atomic mass is 32.2. The predicted octanol–water partition coefficient (Wildman–Crippen LogP) is 17.1. The minimum Gasteiger partial charge on any atom is -0.266 e. The second kappa shape index (κ2) is 33.8. The first-order valence-electron chi connectivity index (χ1n) is 34.1. The maximum atomic E-state index is 14.2. The molecule has 0 saturated heterocycles. The average Bonchev–Trinajstić information content (AvgIpc) is 0.715. The standard InChI is InChI=1S/2C20H15F8NO5S2.2C16H15NO5S2/c1-9(2)35-13-8-7-12-14-10(13)5-4-6-11(14)15(30)29(16(12)31)34-36(32,33)20(27,28)19(25,26)18(23,24)17(3,21)22;1-3-9-35-13-8-7-12-14-10(13)5-4-6-11(14)15(30)29(16(12)31)34-36(32,33)20(27,28)19(25,26)18(23,24)17(2,21)22;1-9(2)23-13-8-7-12-14-10(13)5-4-6-11(14)15(18)17(16(12)19)22-24(3,20)21;1-3-9-23-13-8-7-12-14-10(13)5-4-6-11(14)15(18)17(16(12)19)22-24(2,20)21/h4-9H,1-3H3;4-8H,3,9H2,1-2H3;4-9H,1-3H3;4-8H,3,9H2,1-2H3. The van der Waals surface area contributed by atoms with Crippen molar-refractivity contribution in [1.82, 2.24) is 20.3 Å². The summed E-state index contributed by atoms with van der Waals surface area (Å²) < 4.78 is 328. The number of thioether (sulfide) groups is 4. The summed E-state index contributed by atoms with van der Waals surface area (Å²) in [5.41, 5.74) is -0.801. The zero-order valence-electron chi connectivity index (χ0n) is 62.8. The topological polar surface area (TPSA) is 323 Å². The van der Waals surface area contributed by atoms with Gasteiger partial charge in [0.2, 0.25) is 0 Å². The Bertz CT molecular complexity index is 5990. The van der Waals surface area contributed by atoms with Gasteiger partial charge in [0.05, 0.1) is 57.0 Å². The number of hydrogen-bond donors (Lipinski definition) is 0. The Morgan fingerprint density at radius 3 is 0.733 bits per heavy atom. The molecule has 120 heavy (non-hydrogen) atoms. The summed E-state index contributed by atoms with van der Waals surface area (Å²) in [7, 11) is -22.7. The van der Waals surface area contributed by atoms with Crippen LogP contribution in [-0.2, 0) is 57.6 Å². The summed E-state index contributed by atoms with van der Waals surface area (Å²) >= 11 is 5.95. The van der Waals surface area contributed by atoms with Crippen LogP contribution in [0.3, 0.4) is 0 Å². The van der Waals surface area contributed by atoms with Gasteiger partial charge in [0.25, 0.3) is 67.5 Å². The lowest BCUT2D eigenvalue weighted by Gasteiger charge is -2.35. The molecule has 0 radical (unpaired) electrons. The van der Waals surface area contributed by atoms with E-state index < -0.39 is 180 Å². The summed E-state index contributed by atoms with van der Waals surface area (Å²) in [6, 6.07) is 29.7. The second-order valence-electron chi connectivity index (χ2n) is 26.7. The smallest absolute Gasteiger partial charge is 0.266 e. The highest BCUT2D eigenvalue weighted by Gasteiger charge is 2.85. The number of carbonyl (C=O) groups excluding carboxylic acids is 8. The van der Waals surface area contributed by atoms with Gasteiger partial charge < -0.3 is 0 Å². The van der Waals surface area contributed by atoms with Crippen LogP contribution in [0.15, 0.2) is 141 Å². The lowest BCUT2D eigenvalue weighted by molar-refractivity contribution is -0.344. The normalized spacial score (nSPS) is 15.3. The van der Waals surface area contributed by atoms with E-state index >= 15 is 0 Å². The Morgan fingerprint density at radius 1 is 0.317 bits per heavy atom. The highest BCUT2D eigenvalue weighted by molar-refractivity contribution is 8.00. The molecule has 0 N–H and O–H groups in total. The van der Waals surface area contributed by atoms with E-state index in [1.54, 1.807) is 66.0 Å². The molecule has 0 aliphatic carbocycles. The molecule has 8 aromatic carbocycles. The maximum Gasteiger partial charge on any atom is 0.440 e.